The van der Waals surface area contributed by atoms with Crippen molar-refractivity contribution in [2.45, 2.75) is 17.7 Å². The molecule has 0 radical (unpaired) electrons. The Hall–Kier alpha value is -3.47. The average molecular weight is 482 g/mol. The Kier molecular flexibility index (Phi) is 7.80. The molecule has 0 unspecified atom stereocenters. The summed E-state index contributed by atoms with van der Waals surface area (Å²) in [5, 5.41) is 0. The molecule has 2 aromatic carbocycles. The predicted octanol–water partition coefficient (Wildman–Crippen LogP) is 2.09. The Morgan fingerprint density at radius 3 is 1.79 bits per heavy atom. The van der Waals surface area contributed by atoms with Crippen LogP contribution in [0.15, 0.2) is 47.4 Å². The lowest BCUT2D eigenvalue weighted by atomic mass is 9.75. The van der Waals surface area contributed by atoms with E-state index in [0.29, 0.717) is 6.07 Å². The van der Waals surface area contributed by atoms with E-state index < -0.39 is 63.2 Å². The van der Waals surface area contributed by atoms with E-state index in [-0.39, 0.29) is 16.0 Å². The van der Waals surface area contributed by atoms with Crippen molar-refractivity contribution in [3.8, 4) is 0 Å². The minimum atomic E-state index is -3.55. The first kappa shape index (κ1) is 25.8. The fourth-order valence-corrected chi connectivity index (χ4v) is 3.81. The molecule has 11 heteroatoms. The number of ether oxygens (including phenoxy) is 2. The number of halogens is 2. The first-order chi connectivity index (χ1) is 15.3. The molecular weight excluding hydrogens is 462 g/mol. The van der Waals surface area contributed by atoms with Crippen LogP contribution in [0.25, 0.3) is 0 Å². The number of hydrogen-bond donors (Lipinski definition) is 0. The van der Waals surface area contributed by atoms with E-state index in [9.17, 15) is 36.4 Å². The Morgan fingerprint density at radius 2 is 1.36 bits per heavy atom. The molecule has 2 aromatic rings. The molecule has 33 heavy (non-hydrogen) atoms. The zero-order valence-electron chi connectivity index (χ0n) is 17.9. The van der Waals surface area contributed by atoms with Crippen LogP contribution in [-0.2, 0) is 40.1 Å². The maximum Gasteiger partial charge on any atom is 0.331 e. The Labute approximate surface area is 188 Å². The van der Waals surface area contributed by atoms with Gasteiger partial charge in [-0.25, -0.2) is 17.2 Å². The summed E-state index contributed by atoms with van der Waals surface area (Å²) in [5.74, 6) is -6.80. The van der Waals surface area contributed by atoms with Gasteiger partial charge in [-0.15, -0.1) is 0 Å². The number of carbonyl (C=O) groups excluding carboxylic acids is 4. The normalized spacial score (nSPS) is 11.5. The first-order valence-electron chi connectivity index (χ1n) is 9.33. The van der Waals surface area contributed by atoms with E-state index in [0.717, 1.165) is 56.9 Å². The zero-order valence-corrected chi connectivity index (χ0v) is 18.7. The van der Waals surface area contributed by atoms with Crippen molar-refractivity contribution in [3.63, 3.8) is 0 Å². The SMILES string of the molecule is COC(=O)C(CC(=O)c1ccc(S(C)(=O)=O)cc1)(C(=O)Cc1cc(F)cc(F)c1)C(=O)OC. The minimum absolute atomic E-state index is 0.0737. The molecule has 0 saturated heterocycles. The number of rotatable bonds is 9. The number of methoxy groups -OCH3 is 2. The molecule has 0 atom stereocenters. The minimum Gasteiger partial charge on any atom is -0.468 e. The number of ketones is 2. The van der Waals surface area contributed by atoms with Gasteiger partial charge in [-0.2, -0.15) is 0 Å². The van der Waals surface area contributed by atoms with E-state index in [1.165, 1.54) is 0 Å². The monoisotopic (exact) mass is 482 g/mol. The zero-order chi connectivity index (χ0) is 25.0. The van der Waals surface area contributed by atoms with Crippen molar-refractivity contribution in [2.24, 2.45) is 5.41 Å². The maximum atomic E-state index is 13.5. The van der Waals surface area contributed by atoms with E-state index >= 15 is 0 Å². The van der Waals surface area contributed by atoms with Gasteiger partial charge in [0, 0.05) is 30.7 Å². The van der Waals surface area contributed by atoms with Crippen molar-refractivity contribution in [3.05, 3.63) is 65.2 Å². The second-order valence-corrected chi connectivity index (χ2v) is 9.18. The summed E-state index contributed by atoms with van der Waals surface area (Å²) in [6.07, 6.45) is -0.822. The van der Waals surface area contributed by atoms with Gasteiger partial charge in [-0.1, -0.05) is 12.1 Å². The van der Waals surface area contributed by atoms with Gasteiger partial charge < -0.3 is 9.47 Å². The first-order valence-corrected chi connectivity index (χ1v) is 11.2. The number of sulfone groups is 1. The van der Waals surface area contributed by atoms with E-state index in [1.807, 2.05) is 0 Å². The van der Waals surface area contributed by atoms with Crippen LogP contribution in [0, 0.1) is 17.0 Å². The van der Waals surface area contributed by atoms with Crippen LogP contribution < -0.4 is 0 Å². The van der Waals surface area contributed by atoms with Gasteiger partial charge in [0.1, 0.15) is 11.6 Å². The van der Waals surface area contributed by atoms with Crippen LogP contribution in [0.5, 0.6) is 0 Å². The summed E-state index contributed by atoms with van der Waals surface area (Å²) in [5.41, 5.74) is -3.03. The Morgan fingerprint density at radius 1 is 0.879 bits per heavy atom. The number of hydrogen-bond acceptors (Lipinski definition) is 8. The molecule has 0 aromatic heterocycles. The molecule has 0 aliphatic rings. The number of Topliss-reactive ketones (excluding diaryl/α,β-unsaturated/α-hetero) is 2. The quantitative estimate of drug-likeness (QED) is 0.303. The fourth-order valence-electron chi connectivity index (χ4n) is 3.18. The second kappa shape index (κ2) is 9.99. The fraction of sp³-hybridized carbons (Fsp3) is 0.273. The lowest BCUT2D eigenvalue weighted by molar-refractivity contribution is -0.172. The summed E-state index contributed by atoms with van der Waals surface area (Å²) in [4.78, 5) is 51.2. The summed E-state index contributed by atoms with van der Waals surface area (Å²) < 4.78 is 59.5. The summed E-state index contributed by atoms with van der Waals surface area (Å²) in [7, 11) is -1.77. The van der Waals surface area contributed by atoms with Crippen molar-refractivity contribution in [1.29, 1.82) is 0 Å². The Bertz CT molecular complexity index is 1170. The lowest BCUT2D eigenvalue weighted by Crippen LogP contribution is -2.50. The van der Waals surface area contributed by atoms with Gasteiger partial charge in [0.25, 0.3) is 0 Å². The third-order valence-electron chi connectivity index (χ3n) is 4.86. The summed E-state index contributed by atoms with van der Waals surface area (Å²) in [6.45, 7) is 0. The number of carbonyl (C=O) groups is 4. The van der Waals surface area contributed by atoms with Crippen molar-refractivity contribution in [1.82, 2.24) is 0 Å². The molecule has 0 bridgehead atoms. The van der Waals surface area contributed by atoms with Crippen LogP contribution >= 0.6 is 0 Å². The van der Waals surface area contributed by atoms with E-state index in [1.54, 1.807) is 0 Å². The van der Waals surface area contributed by atoms with E-state index in [2.05, 4.69) is 9.47 Å². The van der Waals surface area contributed by atoms with Crippen molar-refractivity contribution >= 4 is 33.3 Å². The summed E-state index contributed by atoms with van der Waals surface area (Å²) >= 11 is 0. The molecule has 2 rings (SSSR count). The largest absolute Gasteiger partial charge is 0.468 e. The highest BCUT2D eigenvalue weighted by Crippen LogP contribution is 2.31. The van der Waals surface area contributed by atoms with Gasteiger partial charge in [-0.05, 0) is 29.8 Å². The highest BCUT2D eigenvalue weighted by molar-refractivity contribution is 7.90. The number of benzene rings is 2. The molecule has 0 N–H and O–H groups in total. The third-order valence-corrected chi connectivity index (χ3v) is 5.99. The van der Waals surface area contributed by atoms with Gasteiger partial charge in [0.2, 0.25) is 5.41 Å². The van der Waals surface area contributed by atoms with Gasteiger partial charge in [0.05, 0.1) is 19.1 Å². The molecular formula is C22H20F2O8S. The molecule has 0 amide bonds. The Balaban J connectivity index is 2.50. The van der Waals surface area contributed by atoms with E-state index in [4.69, 9.17) is 0 Å². The maximum absolute atomic E-state index is 13.5. The standard InChI is InChI=1S/C22H20F2O8S/c1-31-20(27)22(21(28)32-2,19(26)10-13-8-15(23)11-16(24)9-13)12-18(25)14-4-6-17(7-5-14)33(3,29)30/h4-9,11H,10,12H2,1-3H3. The average Bonchev–Trinajstić information content (AvgIpc) is 2.74. The predicted molar refractivity (Wildman–Crippen MR) is 110 cm³/mol. The summed E-state index contributed by atoms with van der Waals surface area (Å²) in [6, 6.07) is 6.87. The van der Waals surface area contributed by atoms with Gasteiger partial charge >= 0.3 is 11.9 Å². The topological polar surface area (TPSA) is 121 Å². The third kappa shape index (κ3) is 5.67. The molecule has 0 fully saturated rings. The molecule has 0 aliphatic heterocycles. The second-order valence-electron chi connectivity index (χ2n) is 7.16. The molecule has 0 aliphatic carbocycles. The number of esters is 2. The van der Waals surface area contributed by atoms with Crippen LogP contribution in [0.1, 0.15) is 22.3 Å². The molecule has 8 nitrogen and oxygen atoms in total. The van der Waals surface area contributed by atoms with Crippen LogP contribution in [0.3, 0.4) is 0 Å². The van der Waals surface area contributed by atoms with Gasteiger partial charge in [-0.3, -0.25) is 19.2 Å². The van der Waals surface area contributed by atoms with Crippen molar-refractivity contribution in [2.75, 3.05) is 20.5 Å². The lowest BCUT2D eigenvalue weighted by Gasteiger charge is -2.26. The molecule has 0 saturated carbocycles. The van der Waals surface area contributed by atoms with Crippen LogP contribution in [0.2, 0.25) is 0 Å². The highest BCUT2D eigenvalue weighted by atomic mass is 32.2. The smallest absolute Gasteiger partial charge is 0.331 e. The molecule has 176 valence electrons. The van der Waals surface area contributed by atoms with Crippen LogP contribution in [-0.4, -0.2) is 52.4 Å². The van der Waals surface area contributed by atoms with Crippen molar-refractivity contribution < 1.29 is 45.9 Å². The van der Waals surface area contributed by atoms with Gasteiger partial charge in [0.15, 0.2) is 21.4 Å². The molecule has 0 heterocycles. The highest BCUT2D eigenvalue weighted by Gasteiger charge is 2.56. The molecule has 0 spiro atoms. The van der Waals surface area contributed by atoms with Crippen LogP contribution in [0.4, 0.5) is 8.78 Å².